The maximum Gasteiger partial charge on any atom is 0.310 e. The van der Waals surface area contributed by atoms with Crippen LogP contribution < -0.4 is 0 Å². The predicted molar refractivity (Wildman–Crippen MR) is 70.2 cm³/mol. The standard InChI is InChI=1S/C14H27NO2/c1-4-12(3)15(5-2)11-14(13(16)17)9-7-6-8-10-14/h12H,4-11H2,1-3H3,(H,16,17). The van der Waals surface area contributed by atoms with Gasteiger partial charge in [-0.1, -0.05) is 33.1 Å². The summed E-state index contributed by atoms with van der Waals surface area (Å²) in [4.78, 5) is 13.9. The van der Waals surface area contributed by atoms with E-state index in [0.29, 0.717) is 6.04 Å². The Bertz CT molecular complexity index is 247. The summed E-state index contributed by atoms with van der Waals surface area (Å²) in [6, 6.07) is 0.484. The second-order valence-corrected chi connectivity index (χ2v) is 5.47. The molecule has 1 saturated carbocycles. The van der Waals surface area contributed by atoms with Gasteiger partial charge in [-0.05, 0) is 32.7 Å². The number of carboxylic acids is 1. The molecule has 0 heterocycles. The average Bonchev–Trinajstić information content (AvgIpc) is 2.36. The topological polar surface area (TPSA) is 40.5 Å². The van der Waals surface area contributed by atoms with E-state index >= 15 is 0 Å². The summed E-state index contributed by atoms with van der Waals surface area (Å²) in [7, 11) is 0. The first-order valence-corrected chi connectivity index (χ1v) is 7.03. The summed E-state index contributed by atoms with van der Waals surface area (Å²) in [5, 5.41) is 9.56. The minimum absolute atomic E-state index is 0.475. The first-order valence-electron chi connectivity index (χ1n) is 7.03. The lowest BCUT2D eigenvalue weighted by atomic mass is 9.73. The van der Waals surface area contributed by atoms with Crippen molar-refractivity contribution < 1.29 is 9.90 Å². The van der Waals surface area contributed by atoms with E-state index in [0.717, 1.165) is 45.2 Å². The molecule has 1 N–H and O–H groups in total. The van der Waals surface area contributed by atoms with Gasteiger partial charge in [-0.15, -0.1) is 0 Å². The Morgan fingerprint density at radius 1 is 1.29 bits per heavy atom. The van der Waals surface area contributed by atoms with Crippen LogP contribution in [0.1, 0.15) is 59.3 Å². The summed E-state index contributed by atoms with van der Waals surface area (Å²) < 4.78 is 0. The van der Waals surface area contributed by atoms with Gasteiger partial charge in [-0.2, -0.15) is 0 Å². The quantitative estimate of drug-likeness (QED) is 0.776. The SMILES string of the molecule is CCC(C)N(CC)CC1(C(=O)O)CCCCC1. The average molecular weight is 241 g/mol. The van der Waals surface area contributed by atoms with Crippen LogP contribution in [0, 0.1) is 5.41 Å². The summed E-state index contributed by atoms with van der Waals surface area (Å²) in [5.41, 5.74) is -0.475. The monoisotopic (exact) mass is 241 g/mol. The van der Waals surface area contributed by atoms with Gasteiger partial charge < -0.3 is 5.11 Å². The Morgan fingerprint density at radius 2 is 1.88 bits per heavy atom. The van der Waals surface area contributed by atoms with E-state index in [2.05, 4.69) is 25.7 Å². The zero-order valence-corrected chi connectivity index (χ0v) is 11.5. The molecule has 1 fully saturated rings. The first kappa shape index (κ1) is 14.5. The Hall–Kier alpha value is -0.570. The number of carboxylic acid groups (broad SMARTS) is 1. The van der Waals surface area contributed by atoms with Gasteiger partial charge in [0.2, 0.25) is 0 Å². The number of carbonyl (C=O) groups is 1. The molecule has 3 heteroatoms. The van der Waals surface area contributed by atoms with E-state index in [9.17, 15) is 9.90 Å². The highest BCUT2D eigenvalue weighted by molar-refractivity contribution is 5.75. The molecule has 0 aromatic heterocycles. The molecule has 0 bridgehead atoms. The Kier molecular flexibility index (Phi) is 5.44. The van der Waals surface area contributed by atoms with Crippen molar-refractivity contribution in [2.45, 2.75) is 65.3 Å². The third kappa shape index (κ3) is 3.44. The fourth-order valence-corrected chi connectivity index (χ4v) is 2.89. The molecule has 17 heavy (non-hydrogen) atoms. The van der Waals surface area contributed by atoms with E-state index in [4.69, 9.17) is 0 Å². The molecule has 100 valence electrons. The van der Waals surface area contributed by atoms with E-state index in [-0.39, 0.29) is 0 Å². The molecule has 3 nitrogen and oxygen atoms in total. The second-order valence-electron chi connectivity index (χ2n) is 5.47. The van der Waals surface area contributed by atoms with Crippen LogP contribution >= 0.6 is 0 Å². The minimum Gasteiger partial charge on any atom is -0.481 e. The number of rotatable bonds is 6. The van der Waals surface area contributed by atoms with Crippen molar-refractivity contribution >= 4 is 5.97 Å². The highest BCUT2D eigenvalue weighted by atomic mass is 16.4. The number of aliphatic carboxylic acids is 1. The van der Waals surface area contributed by atoms with Crippen molar-refractivity contribution in [3.05, 3.63) is 0 Å². The zero-order valence-electron chi connectivity index (χ0n) is 11.5. The maximum absolute atomic E-state index is 11.6. The highest BCUT2D eigenvalue weighted by Crippen LogP contribution is 2.37. The fraction of sp³-hybridized carbons (Fsp3) is 0.929. The number of hydrogen-bond donors (Lipinski definition) is 1. The highest BCUT2D eigenvalue weighted by Gasteiger charge is 2.41. The molecule has 1 aliphatic rings. The lowest BCUT2D eigenvalue weighted by Crippen LogP contribution is -2.47. The van der Waals surface area contributed by atoms with E-state index < -0.39 is 11.4 Å². The third-order valence-corrected chi connectivity index (χ3v) is 4.39. The molecule has 1 rings (SSSR count). The van der Waals surface area contributed by atoms with E-state index in [1.165, 1.54) is 6.42 Å². The lowest BCUT2D eigenvalue weighted by molar-refractivity contribution is -0.153. The lowest BCUT2D eigenvalue weighted by Gasteiger charge is -2.39. The van der Waals surface area contributed by atoms with Gasteiger partial charge >= 0.3 is 5.97 Å². The molecule has 0 spiro atoms. The molecule has 1 aliphatic carbocycles. The predicted octanol–water partition coefficient (Wildman–Crippen LogP) is 3.14. The van der Waals surface area contributed by atoms with Crippen molar-refractivity contribution in [3.63, 3.8) is 0 Å². The van der Waals surface area contributed by atoms with Gasteiger partial charge in [0.05, 0.1) is 5.41 Å². The molecule has 1 atom stereocenters. The summed E-state index contributed by atoms with van der Waals surface area (Å²) in [6.45, 7) is 8.17. The molecule has 1 unspecified atom stereocenters. The molecule has 0 aliphatic heterocycles. The molecule has 0 amide bonds. The van der Waals surface area contributed by atoms with E-state index in [1.54, 1.807) is 0 Å². The van der Waals surface area contributed by atoms with Crippen LogP contribution in [0.2, 0.25) is 0 Å². The van der Waals surface area contributed by atoms with Gasteiger partial charge in [0, 0.05) is 12.6 Å². The van der Waals surface area contributed by atoms with Crippen LogP contribution in [0.15, 0.2) is 0 Å². The second kappa shape index (κ2) is 6.39. The number of nitrogens with zero attached hydrogens (tertiary/aromatic N) is 1. The van der Waals surface area contributed by atoms with Crippen molar-refractivity contribution in [2.75, 3.05) is 13.1 Å². The van der Waals surface area contributed by atoms with Crippen LogP contribution in [-0.2, 0) is 4.79 Å². The molecular formula is C14H27NO2. The summed E-state index contributed by atoms with van der Waals surface area (Å²) in [5.74, 6) is -0.584. The third-order valence-electron chi connectivity index (χ3n) is 4.39. The van der Waals surface area contributed by atoms with Gasteiger partial charge in [-0.3, -0.25) is 9.69 Å². The smallest absolute Gasteiger partial charge is 0.310 e. The van der Waals surface area contributed by atoms with Crippen LogP contribution in [0.25, 0.3) is 0 Å². The van der Waals surface area contributed by atoms with Crippen LogP contribution in [0.3, 0.4) is 0 Å². The Labute approximate surface area is 105 Å². The van der Waals surface area contributed by atoms with Crippen molar-refractivity contribution in [1.82, 2.24) is 4.90 Å². The van der Waals surface area contributed by atoms with E-state index in [1.807, 2.05) is 0 Å². The van der Waals surface area contributed by atoms with Crippen LogP contribution in [0.5, 0.6) is 0 Å². The molecule has 0 radical (unpaired) electrons. The summed E-state index contributed by atoms with van der Waals surface area (Å²) >= 11 is 0. The zero-order chi connectivity index (χ0) is 12.9. The Morgan fingerprint density at radius 3 is 2.29 bits per heavy atom. The van der Waals surface area contributed by atoms with Gasteiger partial charge in [0.25, 0.3) is 0 Å². The molecule has 0 saturated heterocycles. The van der Waals surface area contributed by atoms with Crippen molar-refractivity contribution in [3.8, 4) is 0 Å². The van der Waals surface area contributed by atoms with Crippen LogP contribution in [-0.4, -0.2) is 35.1 Å². The van der Waals surface area contributed by atoms with Crippen molar-refractivity contribution in [2.24, 2.45) is 5.41 Å². The van der Waals surface area contributed by atoms with Crippen LogP contribution in [0.4, 0.5) is 0 Å². The summed E-state index contributed by atoms with van der Waals surface area (Å²) in [6.07, 6.45) is 6.15. The first-order chi connectivity index (χ1) is 8.05. The Balaban J connectivity index is 2.74. The fourth-order valence-electron chi connectivity index (χ4n) is 2.89. The van der Waals surface area contributed by atoms with Crippen molar-refractivity contribution in [1.29, 1.82) is 0 Å². The minimum atomic E-state index is -0.584. The molecule has 0 aromatic carbocycles. The van der Waals surface area contributed by atoms with Gasteiger partial charge in [0.15, 0.2) is 0 Å². The number of hydrogen-bond acceptors (Lipinski definition) is 2. The largest absolute Gasteiger partial charge is 0.481 e. The molecule has 0 aromatic rings. The van der Waals surface area contributed by atoms with Gasteiger partial charge in [-0.25, -0.2) is 0 Å². The molecular weight excluding hydrogens is 214 g/mol. The normalized spacial score (nSPS) is 21.4. The van der Waals surface area contributed by atoms with Gasteiger partial charge in [0.1, 0.15) is 0 Å². The maximum atomic E-state index is 11.6.